The Labute approximate surface area is 170 Å². The Balaban J connectivity index is 1.84. The van der Waals surface area contributed by atoms with Crippen LogP contribution >= 0.6 is 0 Å². The first-order valence-electron chi connectivity index (χ1n) is 9.36. The van der Waals surface area contributed by atoms with Gasteiger partial charge in [0, 0.05) is 13.1 Å². The maximum Gasteiger partial charge on any atom is 0.243 e. The summed E-state index contributed by atoms with van der Waals surface area (Å²) in [5.41, 5.74) is 1.72. The number of fused-ring (bicyclic) bond motifs is 1. The smallest absolute Gasteiger partial charge is 0.243 e. The van der Waals surface area contributed by atoms with Crippen molar-refractivity contribution in [3.63, 3.8) is 0 Å². The summed E-state index contributed by atoms with van der Waals surface area (Å²) in [5.74, 6) is 2.13. The van der Waals surface area contributed by atoms with Crippen molar-refractivity contribution in [3.05, 3.63) is 79.7 Å². The van der Waals surface area contributed by atoms with E-state index in [2.05, 4.69) is 18.1 Å². The van der Waals surface area contributed by atoms with Crippen LogP contribution in [0, 0.1) is 0 Å². The van der Waals surface area contributed by atoms with Crippen LogP contribution in [0.3, 0.4) is 0 Å². The van der Waals surface area contributed by atoms with Gasteiger partial charge in [0.25, 0.3) is 0 Å². The average molecular weight is 391 g/mol. The minimum atomic E-state index is -0.0290. The highest BCUT2D eigenvalue weighted by molar-refractivity contribution is 5.81. The van der Waals surface area contributed by atoms with E-state index in [1.807, 2.05) is 53.1 Å². The molecule has 0 aliphatic rings. The SMILES string of the molecule is C=CCN(CC=C)C(=O)Cn1c(COc2ccc(OC)cc2)nc2ccccc21. The standard InChI is InChI=1S/C23H25N3O3/c1-4-14-25(15-5-2)23(27)16-26-21-9-7-6-8-20(21)24-22(26)17-29-19-12-10-18(28-3)11-13-19/h4-13H,1-2,14-17H2,3H3. The van der Waals surface area contributed by atoms with E-state index >= 15 is 0 Å². The zero-order valence-corrected chi connectivity index (χ0v) is 16.6. The molecule has 2 aromatic carbocycles. The van der Waals surface area contributed by atoms with Crippen molar-refractivity contribution in [2.24, 2.45) is 0 Å². The number of hydrogen-bond donors (Lipinski definition) is 0. The monoisotopic (exact) mass is 391 g/mol. The molecule has 0 aliphatic carbocycles. The van der Waals surface area contributed by atoms with Gasteiger partial charge >= 0.3 is 0 Å². The Bertz CT molecular complexity index is 982. The van der Waals surface area contributed by atoms with E-state index in [-0.39, 0.29) is 19.1 Å². The van der Waals surface area contributed by atoms with Gasteiger partial charge in [0.1, 0.15) is 30.5 Å². The van der Waals surface area contributed by atoms with E-state index in [4.69, 9.17) is 9.47 Å². The minimum Gasteiger partial charge on any atom is -0.497 e. The van der Waals surface area contributed by atoms with Crippen molar-refractivity contribution in [2.75, 3.05) is 20.2 Å². The Hall–Kier alpha value is -3.54. The Morgan fingerprint density at radius 3 is 2.38 bits per heavy atom. The molecule has 6 heteroatoms. The maximum atomic E-state index is 12.9. The Morgan fingerprint density at radius 1 is 1.07 bits per heavy atom. The third-order valence-electron chi connectivity index (χ3n) is 4.51. The summed E-state index contributed by atoms with van der Waals surface area (Å²) in [6.07, 6.45) is 3.42. The van der Waals surface area contributed by atoms with Crippen LogP contribution in [0.4, 0.5) is 0 Å². The average Bonchev–Trinajstić information content (AvgIpc) is 3.10. The molecule has 1 aromatic heterocycles. The molecule has 1 amide bonds. The predicted molar refractivity (Wildman–Crippen MR) is 114 cm³/mol. The van der Waals surface area contributed by atoms with Crippen LogP contribution in [0.15, 0.2) is 73.8 Å². The molecule has 150 valence electrons. The van der Waals surface area contributed by atoms with Crippen LogP contribution in [-0.2, 0) is 17.9 Å². The summed E-state index contributed by atoms with van der Waals surface area (Å²) in [6.45, 7) is 8.81. The van der Waals surface area contributed by atoms with Crippen molar-refractivity contribution >= 4 is 16.9 Å². The fourth-order valence-electron chi connectivity index (χ4n) is 3.06. The summed E-state index contributed by atoms with van der Waals surface area (Å²) >= 11 is 0. The summed E-state index contributed by atoms with van der Waals surface area (Å²) in [7, 11) is 1.62. The van der Waals surface area contributed by atoms with E-state index in [0.29, 0.717) is 24.7 Å². The number of amides is 1. The number of hydrogen-bond acceptors (Lipinski definition) is 4. The topological polar surface area (TPSA) is 56.6 Å². The number of rotatable bonds is 10. The molecule has 3 rings (SSSR count). The molecule has 0 saturated carbocycles. The first-order chi connectivity index (χ1) is 14.2. The quantitative estimate of drug-likeness (QED) is 0.493. The second-order valence-electron chi connectivity index (χ2n) is 6.44. The first kappa shape index (κ1) is 20.2. The van der Waals surface area contributed by atoms with Crippen molar-refractivity contribution in [2.45, 2.75) is 13.2 Å². The number of ether oxygens (including phenoxy) is 2. The summed E-state index contributed by atoms with van der Waals surface area (Å²) < 4.78 is 13.0. The Kier molecular flexibility index (Phi) is 6.68. The number of methoxy groups -OCH3 is 1. The molecule has 0 unspecified atom stereocenters. The zero-order valence-electron chi connectivity index (χ0n) is 16.6. The molecule has 1 heterocycles. The van der Waals surface area contributed by atoms with Crippen molar-refractivity contribution < 1.29 is 14.3 Å². The van der Waals surface area contributed by atoms with Crippen molar-refractivity contribution in [1.29, 1.82) is 0 Å². The molecule has 0 atom stereocenters. The number of aromatic nitrogens is 2. The highest BCUT2D eigenvalue weighted by Gasteiger charge is 2.17. The molecular weight excluding hydrogens is 366 g/mol. The van der Waals surface area contributed by atoms with Crippen LogP contribution in [0.25, 0.3) is 11.0 Å². The van der Waals surface area contributed by atoms with Gasteiger partial charge in [0.05, 0.1) is 18.1 Å². The van der Waals surface area contributed by atoms with Gasteiger partial charge in [0.2, 0.25) is 5.91 Å². The van der Waals surface area contributed by atoms with Crippen LogP contribution in [0.1, 0.15) is 5.82 Å². The van der Waals surface area contributed by atoms with Crippen LogP contribution in [0.5, 0.6) is 11.5 Å². The number of carbonyl (C=O) groups is 1. The van der Waals surface area contributed by atoms with Gasteiger partial charge in [-0.3, -0.25) is 4.79 Å². The molecule has 0 fully saturated rings. The fraction of sp³-hybridized carbons (Fsp3) is 0.217. The van der Waals surface area contributed by atoms with Crippen LogP contribution in [0.2, 0.25) is 0 Å². The molecule has 0 radical (unpaired) electrons. The number of imidazole rings is 1. The van der Waals surface area contributed by atoms with Gasteiger partial charge in [-0.25, -0.2) is 4.98 Å². The first-order valence-corrected chi connectivity index (χ1v) is 9.36. The highest BCUT2D eigenvalue weighted by Crippen LogP contribution is 2.21. The van der Waals surface area contributed by atoms with Crippen LogP contribution in [-0.4, -0.2) is 40.6 Å². The number of benzene rings is 2. The lowest BCUT2D eigenvalue weighted by atomic mass is 10.3. The molecule has 0 aliphatic heterocycles. The second-order valence-corrected chi connectivity index (χ2v) is 6.44. The molecule has 0 bridgehead atoms. The van der Waals surface area contributed by atoms with E-state index in [1.54, 1.807) is 24.2 Å². The summed E-state index contributed by atoms with van der Waals surface area (Å²) in [6, 6.07) is 15.1. The van der Waals surface area contributed by atoms with Crippen molar-refractivity contribution in [3.8, 4) is 11.5 Å². The van der Waals surface area contributed by atoms with Gasteiger partial charge in [-0.2, -0.15) is 0 Å². The van der Waals surface area contributed by atoms with Gasteiger partial charge in [-0.1, -0.05) is 24.3 Å². The molecule has 3 aromatic rings. The van der Waals surface area contributed by atoms with Gasteiger partial charge in [0.15, 0.2) is 0 Å². The highest BCUT2D eigenvalue weighted by atomic mass is 16.5. The van der Waals surface area contributed by atoms with Gasteiger partial charge in [-0.15, -0.1) is 13.2 Å². The number of para-hydroxylation sites is 2. The summed E-state index contributed by atoms with van der Waals surface area (Å²) in [5, 5.41) is 0. The molecule has 0 spiro atoms. The normalized spacial score (nSPS) is 10.5. The van der Waals surface area contributed by atoms with Crippen LogP contribution < -0.4 is 9.47 Å². The molecule has 0 saturated heterocycles. The third-order valence-corrected chi connectivity index (χ3v) is 4.51. The lowest BCUT2D eigenvalue weighted by Crippen LogP contribution is -2.34. The van der Waals surface area contributed by atoms with Crippen molar-refractivity contribution in [1.82, 2.24) is 14.5 Å². The largest absolute Gasteiger partial charge is 0.497 e. The molecule has 6 nitrogen and oxygen atoms in total. The Morgan fingerprint density at radius 2 is 1.72 bits per heavy atom. The predicted octanol–water partition coefficient (Wildman–Crippen LogP) is 3.82. The number of carbonyl (C=O) groups excluding carboxylic acids is 1. The van der Waals surface area contributed by atoms with E-state index in [1.165, 1.54) is 0 Å². The van der Waals surface area contributed by atoms with E-state index in [9.17, 15) is 4.79 Å². The fourth-order valence-corrected chi connectivity index (χ4v) is 3.06. The maximum absolute atomic E-state index is 12.9. The summed E-state index contributed by atoms with van der Waals surface area (Å²) in [4.78, 5) is 19.2. The van der Waals surface area contributed by atoms with Gasteiger partial charge < -0.3 is 18.9 Å². The molecule has 29 heavy (non-hydrogen) atoms. The molecule has 0 N–H and O–H groups in total. The van der Waals surface area contributed by atoms with E-state index < -0.39 is 0 Å². The van der Waals surface area contributed by atoms with E-state index in [0.717, 1.165) is 16.8 Å². The lowest BCUT2D eigenvalue weighted by Gasteiger charge is -2.20. The third kappa shape index (κ3) is 4.85. The zero-order chi connectivity index (χ0) is 20.6. The molecular formula is C23H25N3O3. The lowest BCUT2D eigenvalue weighted by molar-refractivity contribution is -0.130. The second kappa shape index (κ2) is 9.59. The minimum absolute atomic E-state index is 0.0290. The van der Waals surface area contributed by atoms with Gasteiger partial charge in [-0.05, 0) is 36.4 Å². The number of nitrogens with zero attached hydrogens (tertiary/aromatic N) is 3.